The van der Waals surface area contributed by atoms with Crippen LogP contribution < -0.4 is 10.6 Å². The maximum absolute atomic E-state index is 4.78. The van der Waals surface area contributed by atoms with E-state index in [1.807, 2.05) is 17.8 Å². The highest BCUT2D eigenvalue weighted by molar-refractivity contribution is 14.0. The molecule has 7 heteroatoms. The van der Waals surface area contributed by atoms with Crippen LogP contribution in [0, 0.1) is 0 Å². The van der Waals surface area contributed by atoms with Gasteiger partial charge in [-0.05, 0) is 25.5 Å². The van der Waals surface area contributed by atoms with Crippen LogP contribution in [0.4, 0.5) is 0 Å². The Morgan fingerprint density at radius 2 is 2.47 bits per heavy atom. The highest BCUT2D eigenvalue weighted by atomic mass is 127. The number of aliphatic imine (C=N–C) groups is 1. The number of hydrogen-bond acceptors (Lipinski definition) is 4. The van der Waals surface area contributed by atoms with Gasteiger partial charge in [0.25, 0.3) is 0 Å². The van der Waals surface area contributed by atoms with Crippen molar-refractivity contribution in [1.82, 2.24) is 15.8 Å². The lowest BCUT2D eigenvalue weighted by atomic mass is 10.2. The Bertz CT molecular complexity index is 366. The summed E-state index contributed by atoms with van der Waals surface area (Å²) in [6.07, 6.45) is 4.21. The summed E-state index contributed by atoms with van der Waals surface area (Å²) in [4.78, 5) is 4.48. The predicted octanol–water partition coefficient (Wildman–Crippen LogP) is 2.24. The maximum atomic E-state index is 4.78. The van der Waals surface area contributed by atoms with Gasteiger partial charge in [0.15, 0.2) is 5.96 Å². The molecule has 1 saturated heterocycles. The van der Waals surface area contributed by atoms with Crippen molar-refractivity contribution in [2.75, 3.05) is 18.8 Å². The Labute approximate surface area is 135 Å². The number of guanidine groups is 1. The summed E-state index contributed by atoms with van der Waals surface area (Å²) < 4.78 is 4.78. The van der Waals surface area contributed by atoms with E-state index < -0.39 is 0 Å². The number of hydrogen-bond donors (Lipinski definition) is 2. The summed E-state index contributed by atoms with van der Waals surface area (Å²) in [5.74, 6) is 2.15. The molecule has 0 aromatic carbocycles. The SMILES string of the molecule is CCNC(=NCc1ccon1)NCC1CCCS1.I. The molecule has 2 heterocycles. The topological polar surface area (TPSA) is 62.5 Å². The lowest BCUT2D eigenvalue weighted by Gasteiger charge is -2.14. The molecule has 0 amide bonds. The van der Waals surface area contributed by atoms with E-state index in [-0.39, 0.29) is 24.0 Å². The fourth-order valence-electron chi connectivity index (χ4n) is 1.84. The third-order valence-electron chi connectivity index (χ3n) is 2.76. The zero-order valence-electron chi connectivity index (χ0n) is 11.1. The monoisotopic (exact) mass is 396 g/mol. The van der Waals surface area contributed by atoms with Gasteiger partial charge in [0.05, 0.1) is 6.54 Å². The van der Waals surface area contributed by atoms with Gasteiger partial charge in [-0.15, -0.1) is 24.0 Å². The smallest absolute Gasteiger partial charge is 0.191 e. The Hall–Kier alpha value is -0.440. The van der Waals surface area contributed by atoms with Gasteiger partial charge in [-0.1, -0.05) is 5.16 Å². The number of rotatable bonds is 5. The van der Waals surface area contributed by atoms with Crippen molar-refractivity contribution in [3.8, 4) is 0 Å². The molecule has 2 N–H and O–H groups in total. The summed E-state index contributed by atoms with van der Waals surface area (Å²) in [6, 6.07) is 1.83. The van der Waals surface area contributed by atoms with Crippen LogP contribution in [0.25, 0.3) is 0 Å². The van der Waals surface area contributed by atoms with Gasteiger partial charge in [0.2, 0.25) is 0 Å². The van der Waals surface area contributed by atoms with Crippen molar-refractivity contribution in [3.63, 3.8) is 0 Å². The molecular weight excluding hydrogens is 375 g/mol. The van der Waals surface area contributed by atoms with Gasteiger partial charge in [0, 0.05) is 24.4 Å². The van der Waals surface area contributed by atoms with E-state index in [1.54, 1.807) is 6.26 Å². The highest BCUT2D eigenvalue weighted by Gasteiger charge is 2.15. The van der Waals surface area contributed by atoms with Crippen LogP contribution in [0.1, 0.15) is 25.5 Å². The van der Waals surface area contributed by atoms with Crippen molar-refractivity contribution in [1.29, 1.82) is 0 Å². The van der Waals surface area contributed by atoms with Gasteiger partial charge in [-0.2, -0.15) is 11.8 Å². The van der Waals surface area contributed by atoms with Gasteiger partial charge in [-0.25, -0.2) is 4.99 Å². The third-order valence-corrected chi connectivity index (χ3v) is 4.15. The first-order valence-corrected chi connectivity index (χ1v) is 7.46. The number of aromatic nitrogens is 1. The Kier molecular flexibility index (Phi) is 8.27. The van der Waals surface area contributed by atoms with Gasteiger partial charge < -0.3 is 15.2 Å². The predicted molar refractivity (Wildman–Crippen MR) is 90.2 cm³/mol. The molecule has 0 saturated carbocycles. The second-order valence-electron chi connectivity index (χ2n) is 4.20. The second kappa shape index (κ2) is 9.46. The standard InChI is InChI=1S/C12H20N4OS.HI/c1-2-13-12(14-8-10-5-6-17-16-10)15-9-11-4-3-7-18-11;/h5-6,11H,2-4,7-9H2,1H3,(H2,13,14,15);1H. The van der Waals surface area contributed by atoms with Crippen LogP contribution in [0.15, 0.2) is 21.8 Å². The molecule has 19 heavy (non-hydrogen) atoms. The Morgan fingerprint density at radius 1 is 1.58 bits per heavy atom. The van der Waals surface area contributed by atoms with Crippen LogP contribution in [0.3, 0.4) is 0 Å². The molecule has 0 aliphatic carbocycles. The molecule has 108 valence electrons. The molecule has 1 aromatic heterocycles. The minimum absolute atomic E-state index is 0. The maximum Gasteiger partial charge on any atom is 0.191 e. The van der Waals surface area contributed by atoms with E-state index >= 15 is 0 Å². The first-order chi connectivity index (χ1) is 8.88. The number of nitrogens with one attached hydrogen (secondary N) is 2. The third kappa shape index (κ3) is 6.03. The molecular formula is C12H21IN4OS. The minimum atomic E-state index is 0. The van der Waals surface area contributed by atoms with Crippen molar-refractivity contribution in [3.05, 3.63) is 18.0 Å². The van der Waals surface area contributed by atoms with Crippen LogP contribution in [-0.2, 0) is 6.54 Å². The van der Waals surface area contributed by atoms with E-state index in [2.05, 4.69) is 27.7 Å². The average Bonchev–Trinajstić information content (AvgIpc) is 3.05. The molecule has 1 aliphatic rings. The normalized spacial score (nSPS) is 19.0. The van der Waals surface area contributed by atoms with E-state index in [0.29, 0.717) is 6.54 Å². The highest BCUT2D eigenvalue weighted by Crippen LogP contribution is 2.25. The van der Waals surface area contributed by atoms with E-state index in [0.717, 1.165) is 30.0 Å². The first-order valence-electron chi connectivity index (χ1n) is 6.41. The summed E-state index contributed by atoms with van der Waals surface area (Å²) >= 11 is 2.05. The Morgan fingerprint density at radius 3 is 3.11 bits per heavy atom. The molecule has 1 fully saturated rings. The summed E-state index contributed by atoms with van der Waals surface area (Å²) in [6.45, 7) is 4.46. The van der Waals surface area contributed by atoms with Crippen LogP contribution >= 0.6 is 35.7 Å². The van der Waals surface area contributed by atoms with E-state index in [1.165, 1.54) is 18.6 Å². The molecule has 0 spiro atoms. The van der Waals surface area contributed by atoms with Crippen molar-refractivity contribution < 1.29 is 4.52 Å². The molecule has 0 bridgehead atoms. The van der Waals surface area contributed by atoms with Crippen molar-refractivity contribution in [2.45, 2.75) is 31.6 Å². The average molecular weight is 396 g/mol. The first kappa shape index (κ1) is 16.6. The van der Waals surface area contributed by atoms with Gasteiger partial charge >= 0.3 is 0 Å². The largest absolute Gasteiger partial charge is 0.364 e. The molecule has 1 atom stereocenters. The van der Waals surface area contributed by atoms with E-state index in [9.17, 15) is 0 Å². The molecule has 2 rings (SSSR count). The molecule has 0 radical (unpaired) electrons. The number of nitrogens with zero attached hydrogens (tertiary/aromatic N) is 2. The van der Waals surface area contributed by atoms with Crippen LogP contribution in [0.2, 0.25) is 0 Å². The Balaban J connectivity index is 0.00000180. The molecule has 5 nitrogen and oxygen atoms in total. The second-order valence-corrected chi connectivity index (χ2v) is 5.61. The van der Waals surface area contributed by atoms with Gasteiger partial charge in [0.1, 0.15) is 12.0 Å². The van der Waals surface area contributed by atoms with Crippen LogP contribution in [-0.4, -0.2) is 35.2 Å². The zero-order chi connectivity index (χ0) is 12.6. The quantitative estimate of drug-likeness (QED) is 0.454. The lowest BCUT2D eigenvalue weighted by molar-refractivity contribution is 0.412. The fourth-order valence-corrected chi connectivity index (χ4v) is 3.04. The summed E-state index contributed by atoms with van der Waals surface area (Å²) in [5.41, 5.74) is 0.849. The number of thioether (sulfide) groups is 1. The van der Waals surface area contributed by atoms with Crippen LogP contribution in [0.5, 0.6) is 0 Å². The van der Waals surface area contributed by atoms with Crippen molar-refractivity contribution >= 4 is 41.7 Å². The molecule has 1 unspecified atom stereocenters. The van der Waals surface area contributed by atoms with Crippen molar-refractivity contribution in [2.24, 2.45) is 4.99 Å². The lowest BCUT2D eigenvalue weighted by Crippen LogP contribution is -2.40. The summed E-state index contributed by atoms with van der Waals surface area (Å²) in [7, 11) is 0. The fraction of sp³-hybridized carbons (Fsp3) is 0.667. The molecule has 1 aliphatic heterocycles. The number of halogens is 1. The molecule has 1 aromatic rings. The van der Waals surface area contributed by atoms with E-state index in [4.69, 9.17) is 4.52 Å². The van der Waals surface area contributed by atoms with Gasteiger partial charge in [-0.3, -0.25) is 0 Å². The summed E-state index contributed by atoms with van der Waals surface area (Å²) in [5, 5.41) is 11.2. The minimum Gasteiger partial charge on any atom is -0.364 e. The zero-order valence-corrected chi connectivity index (χ0v) is 14.2.